The van der Waals surface area contributed by atoms with Gasteiger partial charge in [0.25, 0.3) is 0 Å². The first kappa shape index (κ1) is 17.4. The fourth-order valence-electron chi connectivity index (χ4n) is 2.87. The standard InChI is InChI=1S/C13H27N3O3S/c1-4-15(5-2)20(18,19)10-13(17)16-8-6-7-11(3)12(16)9-14/h11-12H,4-10,14H2,1-3H3/t11-,12+/m0/s1. The van der Waals surface area contributed by atoms with Crippen molar-refractivity contribution >= 4 is 15.9 Å². The monoisotopic (exact) mass is 305 g/mol. The van der Waals surface area contributed by atoms with Crippen LogP contribution in [0.5, 0.6) is 0 Å². The highest BCUT2D eigenvalue weighted by Gasteiger charge is 2.33. The number of likely N-dealkylation sites (tertiary alicyclic amines) is 1. The highest BCUT2D eigenvalue weighted by Crippen LogP contribution is 2.23. The molecule has 118 valence electrons. The third kappa shape index (κ3) is 3.93. The molecule has 0 aliphatic carbocycles. The number of piperidine rings is 1. The van der Waals surface area contributed by atoms with Crippen LogP contribution in [0, 0.1) is 5.92 Å². The fourth-order valence-corrected chi connectivity index (χ4v) is 4.31. The van der Waals surface area contributed by atoms with Crippen LogP contribution in [-0.2, 0) is 14.8 Å². The summed E-state index contributed by atoms with van der Waals surface area (Å²) in [6.45, 7) is 7.40. The van der Waals surface area contributed by atoms with E-state index in [-0.39, 0.29) is 11.9 Å². The van der Waals surface area contributed by atoms with Crippen LogP contribution in [0.4, 0.5) is 0 Å². The highest BCUT2D eigenvalue weighted by molar-refractivity contribution is 7.89. The Morgan fingerprint density at radius 1 is 1.35 bits per heavy atom. The van der Waals surface area contributed by atoms with Gasteiger partial charge in [0.1, 0.15) is 5.75 Å². The minimum atomic E-state index is -3.52. The summed E-state index contributed by atoms with van der Waals surface area (Å²) in [7, 11) is -3.52. The molecule has 0 aromatic carbocycles. The summed E-state index contributed by atoms with van der Waals surface area (Å²) >= 11 is 0. The highest BCUT2D eigenvalue weighted by atomic mass is 32.2. The zero-order valence-electron chi connectivity index (χ0n) is 12.7. The number of hydrogen-bond donors (Lipinski definition) is 1. The third-order valence-electron chi connectivity index (χ3n) is 4.08. The molecule has 0 saturated carbocycles. The lowest BCUT2D eigenvalue weighted by Crippen LogP contribution is -2.53. The largest absolute Gasteiger partial charge is 0.337 e. The summed E-state index contributed by atoms with van der Waals surface area (Å²) < 4.78 is 25.7. The first-order valence-corrected chi connectivity index (χ1v) is 8.95. The van der Waals surface area contributed by atoms with Gasteiger partial charge in [0.05, 0.1) is 0 Å². The van der Waals surface area contributed by atoms with Crippen LogP contribution in [0.3, 0.4) is 0 Å². The van der Waals surface area contributed by atoms with Crippen molar-refractivity contribution in [1.82, 2.24) is 9.21 Å². The topological polar surface area (TPSA) is 83.7 Å². The van der Waals surface area contributed by atoms with Gasteiger partial charge >= 0.3 is 0 Å². The molecule has 0 bridgehead atoms. The average molecular weight is 305 g/mol. The molecule has 1 saturated heterocycles. The van der Waals surface area contributed by atoms with Crippen molar-refractivity contribution in [3.05, 3.63) is 0 Å². The smallest absolute Gasteiger partial charge is 0.239 e. The number of carbonyl (C=O) groups is 1. The maximum absolute atomic E-state index is 12.3. The second kappa shape index (κ2) is 7.38. The molecule has 0 aromatic heterocycles. The lowest BCUT2D eigenvalue weighted by molar-refractivity contribution is -0.133. The number of hydrogen-bond acceptors (Lipinski definition) is 4. The van der Waals surface area contributed by atoms with Crippen molar-refractivity contribution < 1.29 is 13.2 Å². The first-order chi connectivity index (χ1) is 9.37. The SMILES string of the molecule is CCN(CC)S(=O)(=O)CC(=O)N1CCC[C@H](C)[C@H]1CN. The molecular formula is C13H27N3O3S. The van der Waals surface area contributed by atoms with E-state index in [0.717, 1.165) is 12.8 Å². The number of nitrogens with two attached hydrogens (primary N) is 1. The van der Waals surface area contributed by atoms with Gasteiger partial charge in [-0.2, -0.15) is 0 Å². The van der Waals surface area contributed by atoms with Gasteiger partial charge in [0.2, 0.25) is 15.9 Å². The Hall–Kier alpha value is -0.660. The van der Waals surface area contributed by atoms with Crippen molar-refractivity contribution in [2.24, 2.45) is 11.7 Å². The Morgan fingerprint density at radius 2 is 1.95 bits per heavy atom. The van der Waals surface area contributed by atoms with Crippen molar-refractivity contribution in [2.45, 2.75) is 39.7 Å². The van der Waals surface area contributed by atoms with E-state index in [2.05, 4.69) is 6.92 Å². The fraction of sp³-hybridized carbons (Fsp3) is 0.923. The van der Waals surface area contributed by atoms with Gasteiger partial charge in [0.15, 0.2) is 0 Å². The molecule has 0 unspecified atom stereocenters. The molecule has 6 nitrogen and oxygen atoms in total. The van der Waals surface area contributed by atoms with Crippen LogP contribution in [0.1, 0.15) is 33.6 Å². The Morgan fingerprint density at radius 3 is 2.45 bits per heavy atom. The van der Waals surface area contributed by atoms with E-state index in [9.17, 15) is 13.2 Å². The molecule has 20 heavy (non-hydrogen) atoms. The molecule has 1 aliphatic rings. The quantitative estimate of drug-likeness (QED) is 0.762. The van der Waals surface area contributed by atoms with E-state index in [0.29, 0.717) is 32.1 Å². The average Bonchev–Trinajstić information content (AvgIpc) is 2.38. The van der Waals surface area contributed by atoms with E-state index >= 15 is 0 Å². The summed E-state index contributed by atoms with van der Waals surface area (Å²) in [5.41, 5.74) is 5.74. The van der Waals surface area contributed by atoms with E-state index in [4.69, 9.17) is 5.73 Å². The molecule has 2 N–H and O–H groups in total. The van der Waals surface area contributed by atoms with Gasteiger partial charge in [0, 0.05) is 32.2 Å². The zero-order chi connectivity index (χ0) is 15.3. The minimum absolute atomic E-state index is 0.0387. The van der Waals surface area contributed by atoms with Crippen LogP contribution in [0.15, 0.2) is 0 Å². The molecule has 1 aliphatic heterocycles. The van der Waals surface area contributed by atoms with E-state index < -0.39 is 15.8 Å². The lowest BCUT2D eigenvalue weighted by Gasteiger charge is -2.39. The van der Waals surface area contributed by atoms with E-state index in [1.807, 2.05) is 0 Å². The van der Waals surface area contributed by atoms with Crippen molar-refractivity contribution in [1.29, 1.82) is 0 Å². The van der Waals surface area contributed by atoms with E-state index in [1.165, 1.54) is 4.31 Å². The van der Waals surface area contributed by atoms with E-state index in [1.54, 1.807) is 18.7 Å². The van der Waals surface area contributed by atoms with Crippen LogP contribution in [0.2, 0.25) is 0 Å². The Bertz CT molecular complexity index is 421. The molecule has 1 heterocycles. The summed E-state index contributed by atoms with van der Waals surface area (Å²) in [6, 6.07) is -0.0387. The van der Waals surface area contributed by atoms with Crippen LogP contribution in [-0.4, -0.2) is 61.5 Å². The summed E-state index contributed by atoms with van der Waals surface area (Å²) in [4.78, 5) is 14.0. The van der Waals surface area contributed by atoms with Gasteiger partial charge in [-0.1, -0.05) is 20.8 Å². The zero-order valence-corrected chi connectivity index (χ0v) is 13.5. The Labute approximate surface area is 122 Å². The maximum Gasteiger partial charge on any atom is 0.239 e. The molecule has 2 atom stereocenters. The van der Waals surface area contributed by atoms with Crippen molar-refractivity contribution in [2.75, 3.05) is 31.9 Å². The normalized spacial score (nSPS) is 24.1. The van der Waals surface area contributed by atoms with Crippen LogP contribution >= 0.6 is 0 Å². The second-order valence-electron chi connectivity index (χ2n) is 5.35. The molecule has 1 amide bonds. The molecule has 1 fully saturated rings. The molecule has 0 spiro atoms. The van der Waals surface area contributed by atoms with Gasteiger partial charge < -0.3 is 10.6 Å². The second-order valence-corrected chi connectivity index (χ2v) is 7.32. The van der Waals surface area contributed by atoms with Gasteiger partial charge in [-0.05, 0) is 18.8 Å². The molecule has 7 heteroatoms. The first-order valence-electron chi connectivity index (χ1n) is 7.34. The third-order valence-corrected chi connectivity index (χ3v) is 6.00. The predicted molar refractivity (Wildman–Crippen MR) is 79.7 cm³/mol. The van der Waals surface area contributed by atoms with Crippen molar-refractivity contribution in [3.8, 4) is 0 Å². The summed E-state index contributed by atoms with van der Waals surface area (Å²) in [5, 5.41) is 0. The van der Waals surface area contributed by atoms with Crippen LogP contribution in [0.25, 0.3) is 0 Å². The number of sulfonamides is 1. The maximum atomic E-state index is 12.3. The number of amides is 1. The molecule has 1 rings (SSSR count). The lowest BCUT2D eigenvalue weighted by atomic mass is 9.91. The summed E-state index contributed by atoms with van der Waals surface area (Å²) in [6.07, 6.45) is 1.95. The number of rotatable bonds is 6. The molecule has 0 aromatic rings. The number of nitrogens with zero attached hydrogens (tertiary/aromatic N) is 2. The van der Waals surface area contributed by atoms with Gasteiger partial charge in [-0.3, -0.25) is 4.79 Å². The minimum Gasteiger partial charge on any atom is -0.337 e. The van der Waals surface area contributed by atoms with Gasteiger partial charge in [-0.25, -0.2) is 12.7 Å². The number of carbonyl (C=O) groups excluding carboxylic acids is 1. The molecular weight excluding hydrogens is 278 g/mol. The predicted octanol–water partition coefficient (Wildman–Crippen LogP) is 0.244. The van der Waals surface area contributed by atoms with Crippen molar-refractivity contribution in [3.63, 3.8) is 0 Å². The van der Waals surface area contributed by atoms with Crippen LogP contribution < -0.4 is 5.73 Å². The Kier molecular flexibility index (Phi) is 6.42. The summed E-state index contributed by atoms with van der Waals surface area (Å²) in [5.74, 6) is -0.439. The van der Waals surface area contributed by atoms with Gasteiger partial charge in [-0.15, -0.1) is 0 Å². The molecule has 0 radical (unpaired) electrons. The Balaban J connectivity index is 2.79.